The fraction of sp³-hybridized carbons (Fsp3) is 0.533. The molecule has 2 heterocycles. The zero-order chi connectivity index (χ0) is 13.4. The highest BCUT2D eigenvalue weighted by molar-refractivity contribution is 5.65. The van der Waals surface area contributed by atoms with Gasteiger partial charge in [0.2, 0.25) is 0 Å². The van der Waals surface area contributed by atoms with Gasteiger partial charge < -0.3 is 10.0 Å². The van der Waals surface area contributed by atoms with Gasteiger partial charge in [0, 0.05) is 25.2 Å². The van der Waals surface area contributed by atoms with Crippen LogP contribution in [0.25, 0.3) is 0 Å². The highest BCUT2D eigenvalue weighted by atomic mass is 16.4. The number of benzene rings is 1. The third-order valence-corrected chi connectivity index (χ3v) is 4.64. The van der Waals surface area contributed by atoms with Crippen LogP contribution in [0.5, 0.6) is 0 Å². The van der Waals surface area contributed by atoms with Gasteiger partial charge in [-0.05, 0) is 31.4 Å². The molecule has 2 saturated heterocycles. The fourth-order valence-corrected chi connectivity index (χ4v) is 3.55. The summed E-state index contributed by atoms with van der Waals surface area (Å²) < 4.78 is 0. The second-order valence-corrected chi connectivity index (χ2v) is 5.63. The second-order valence-electron chi connectivity index (χ2n) is 5.63. The molecule has 1 amide bonds. The second kappa shape index (κ2) is 4.85. The molecule has 0 spiro atoms. The molecule has 1 aromatic carbocycles. The lowest BCUT2D eigenvalue weighted by Gasteiger charge is -2.30. The molecule has 19 heavy (non-hydrogen) atoms. The molecule has 0 bridgehead atoms. The van der Waals surface area contributed by atoms with E-state index in [0.717, 1.165) is 13.0 Å². The smallest absolute Gasteiger partial charge is 0.407 e. The van der Waals surface area contributed by atoms with E-state index in [4.69, 9.17) is 5.11 Å². The Morgan fingerprint density at radius 3 is 2.74 bits per heavy atom. The Morgan fingerprint density at radius 2 is 2.05 bits per heavy atom. The molecular weight excluding hydrogens is 240 g/mol. The molecule has 4 heteroatoms. The van der Waals surface area contributed by atoms with E-state index in [1.165, 1.54) is 5.56 Å². The summed E-state index contributed by atoms with van der Waals surface area (Å²) in [6.07, 6.45) is 0.340. The first-order chi connectivity index (χ1) is 9.16. The number of carbonyl (C=O) groups is 1. The van der Waals surface area contributed by atoms with Crippen LogP contribution >= 0.6 is 0 Å². The first-order valence-corrected chi connectivity index (χ1v) is 6.95. The number of amides is 1. The molecule has 1 N–H and O–H groups in total. The topological polar surface area (TPSA) is 43.8 Å². The van der Waals surface area contributed by atoms with Gasteiger partial charge in [-0.2, -0.15) is 0 Å². The normalized spacial score (nSPS) is 28.4. The molecule has 2 fully saturated rings. The lowest BCUT2D eigenvalue weighted by molar-refractivity contribution is 0.140. The SMILES string of the molecule is C[C@H](c1ccccc1)N1CC[C@@H]2CN(C(=O)O)CC21. The molecule has 2 aliphatic heterocycles. The van der Waals surface area contributed by atoms with Crippen molar-refractivity contribution in [3.8, 4) is 0 Å². The van der Waals surface area contributed by atoms with Crippen LogP contribution in [-0.4, -0.2) is 46.7 Å². The number of hydrogen-bond donors (Lipinski definition) is 1. The van der Waals surface area contributed by atoms with E-state index < -0.39 is 6.09 Å². The van der Waals surface area contributed by atoms with E-state index in [0.29, 0.717) is 31.1 Å². The lowest BCUT2D eigenvalue weighted by Crippen LogP contribution is -2.38. The van der Waals surface area contributed by atoms with Gasteiger partial charge in [0.1, 0.15) is 0 Å². The van der Waals surface area contributed by atoms with Crippen molar-refractivity contribution in [2.45, 2.75) is 25.4 Å². The van der Waals surface area contributed by atoms with Gasteiger partial charge in [-0.3, -0.25) is 4.90 Å². The highest BCUT2D eigenvalue weighted by Gasteiger charge is 2.44. The van der Waals surface area contributed by atoms with Crippen molar-refractivity contribution in [3.63, 3.8) is 0 Å². The fourth-order valence-electron chi connectivity index (χ4n) is 3.55. The van der Waals surface area contributed by atoms with Crippen molar-refractivity contribution in [3.05, 3.63) is 35.9 Å². The van der Waals surface area contributed by atoms with E-state index in [-0.39, 0.29) is 0 Å². The summed E-state index contributed by atoms with van der Waals surface area (Å²) in [5.74, 6) is 0.516. The zero-order valence-electron chi connectivity index (χ0n) is 11.2. The van der Waals surface area contributed by atoms with Crippen LogP contribution in [-0.2, 0) is 0 Å². The third-order valence-electron chi connectivity index (χ3n) is 4.64. The van der Waals surface area contributed by atoms with Crippen molar-refractivity contribution in [2.24, 2.45) is 5.92 Å². The Kier molecular flexibility index (Phi) is 3.19. The van der Waals surface area contributed by atoms with Crippen molar-refractivity contribution in [1.29, 1.82) is 0 Å². The van der Waals surface area contributed by atoms with Crippen molar-refractivity contribution < 1.29 is 9.90 Å². The minimum absolute atomic E-state index is 0.366. The number of nitrogens with zero attached hydrogens (tertiary/aromatic N) is 2. The van der Waals surface area contributed by atoms with Crippen molar-refractivity contribution >= 4 is 6.09 Å². The molecule has 102 valence electrons. The summed E-state index contributed by atoms with van der Waals surface area (Å²) >= 11 is 0. The molecule has 1 aromatic rings. The molecule has 0 aromatic heterocycles. The van der Waals surface area contributed by atoms with Crippen LogP contribution in [0.1, 0.15) is 24.9 Å². The zero-order valence-corrected chi connectivity index (χ0v) is 11.2. The number of hydrogen-bond acceptors (Lipinski definition) is 2. The minimum Gasteiger partial charge on any atom is -0.465 e. The Labute approximate surface area is 113 Å². The summed E-state index contributed by atoms with van der Waals surface area (Å²) in [7, 11) is 0. The summed E-state index contributed by atoms with van der Waals surface area (Å²) in [4.78, 5) is 15.1. The van der Waals surface area contributed by atoms with E-state index in [2.05, 4.69) is 36.1 Å². The molecule has 4 nitrogen and oxygen atoms in total. The van der Waals surface area contributed by atoms with Crippen LogP contribution in [0.3, 0.4) is 0 Å². The maximum absolute atomic E-state index is 11.1. The molecule has 2 aliphatic rings. The van der Waals surface area contributed by atoms with Crippen LogP contribution in [0.15, 0.2) is 30.3 Å². The first kappa shape index (κ1) is 12.5. The van der Waals surface area contributed by atoms with Crippen LogP contribution < -0.4 is 0 Å². The Hall–Kier alpha value is -1.55. The first-order valence-electron chi connectivity index (χ1n) is 6.95. The highest BCUT2D eigenvalue weighted by Crippen LogP contribution is 2.36. The molecular formula is C15H20N2O2. The number of rotatable bonds is 2. The van der Waals surface area contributed by atoms with Crippen LogP contribution in [0.4, 0.5) is 4.79 Å². The average Bonchev–Trinajstić information content (AvgIpc) is 2.98. The number of carboxylic acid groups (broad SMARTS) is 1. The largest absolute Gasteiger partial charge is 0.465 e. The van der Waals surface area contributed by atoms with Crippen LogP contribution in [0, 0.1) is 5.92 Å². The van der Waals surface area contributed by atoms with Crippen molar-refractivity contribution in [2.75, 3.05) is 19.6 Å². The third kappa shape index (κ3) is 2.21. The Bertz CT molecular complexity index is 462. The standard InChI is InChI=1S/C15H20N2O2/c1-11(12-5-3-2-4-6-12)17-8-7-13-9-16(15(18)19)10-14(13)17/h2-6,11,13-14H,7-10H2,1H3,(H,18,19)/t11-,13-,14?/m1/s1. The van der Waals surface area contributed by atoms with Gasteiger partial charge >= 0.3 is 6.09 Å². The van der Waals surface area contributed by atoms with Gasteiger partial charge in [0.25, 0.3) is 0 Å². The van der Waals surface area contributed by atoms with Crippen LogP contribution in [0.2, 0.25) is 0 Å². The Morgan fingerprint density at radius 1 is 1.32 bits per heavy atom. The van der Waals surface area contributed by atoms with Gasteiger partial charge in [0.15, 0.2) is 0 Å². The lowest BCUT2D eigenvalue weighted by atomic mass is 10.0. The van der Waals surface area contributed by atoms with Gasteiger partial charge in [-0.15, -0.1) is 0 Å². The Balaban J connectivity index is 1.75. The van der Waals surface area contributed by atoms with Gasteiger partial charge in [0.05, 0.1) is 0 Å². The summed E-state index contributed by atoms with van der Waals surface area (Å²) in [6.45, 7) is 4.68. The molecule has 0 aliphatic carbocycles. The summed E-state index contributed by atoms with van der Waals surface area (Å²) in [6, 6.07) is 11.2. The van der Waals surface area contributed by atoms with E-state index in [1.807, 2.05) is 6.07 Å². The van der Waals surface area contributed by atoms with Crippen molar-refractivity contribution in [1.82, 2.24) is 9.80 Å². The predicted molar refractivity (Wildman–Crippen MR) is 73.1 cm³/mol. The molecule has 0 radical (unpaired) electrons. The minimum atomic E-state index is -0.776. The van der Waals surface area contributed by atoms with E-state index >= 15 is 0 Å². The molecule has 3 rings (SSSR count). The molecule has 3 atom stereocenters. The summed E-state index contributed by atoms with van der Waals surface area (Å²) in [5, 5.41) is 9.12. The van der Waals surface area contributed by atoms with E-state index in [1.54, 1.807) is 4.90 Å². The molecule has 0 saturated carbocycles. The maximum atomic E-state index is 11.1. The van der Waals surface area contributed by atoms with Gasteiger partial charge in [-0.25, -0.2) is 4.79 Å². The van der Waals surface area contributed by atoms with E-state index in [9.17, 15) is 4.79 Å². The average molecular weight is 260 g/mol. The maximum Gasteiger partial charge on any atom is 0.407 e. The predicted octanol–water partition coefficient (Wildman–Crippen LogP) is 2.43. The summed E-state index contributed by atoms with van der Waals surface area (Å²) in [5.41, 5.74) is 1.32. The number of likely N-dealkylation sites (tertiary alicyclic amines) is 2. The number of fused-ring (bicyclic) bond motifs is 1. The quantitative estimate of drug-likeness (QED) is 0.888. The monoisotopic (exact) mass is 260 g/mol. The van der Waals surface area contributed by atoms with Gasteiger partial charge in [-0.1, -0.05) is 30.3 Å². The molecule has 1 unspecified atom stereocenters.